The first kappa shape index (κ1) is 20.5. The lowest BCUT2D eigenvalue weighted by molar-refractivity contribution is 0.141. The predicted octanol–water partition coefficient (Wildman–Crippen LogP) is 4.51. The van der Waals surface area contributed by atoms with Gasteiger partial charge in [-0.2, -0.15) is 0 Å². The summed E-state index contributed by atoms with van der Waals surface area (Å²) in [5.41, 5.74) is 10.5. The Morgan fingerprint density at radius 2 is 1.96 bits per heavy atom. The van der Waals surface area contributed by atoms with E-state index >= 15 is 0 Å². The number of nitrogens with zero attached hydrogens (tertiary/aromatic N) is 1. The van der Waals surface area contributed by atoms with E-state index in [4.69, 9.17) is 15.5 Å². The number of methoxy groups -OCH3 is 1. The van der Waals surface area contributed by atoms with Crippen molar-refractivity contribution in [2.75, 3.05) is 25.6 Å². The van der Waals surface area contributed by atoms with E-state index in [-0.39, 0.29) is 24.0 Å². The minimum absolute atomic E-state index is 0. The summed E-state index contributed by atoms with van der Waals surface area (Å²) in [5, 5.41) is 3.36. The molecule has 4 nitrogen and oxygen atoms in total. The van der Waals surface area contributed by atoms with Crippen molar-refractivity contribution in [1.29, 1.82) is 0 Å². The number of anilines is 1. The number of ether oxygens (including phenoxy) is 1. The number of aliphatic imine (C=N–C) groups is 1. The molecule has 25 heavy (non-hydrogen) atoms. The molecule has 3 N–H and O–H groups in total. The second-order valence-electron chi connectivity index (χ2n) is 7.43. The standard InChI is InChI=1S/C20H31N3O.HI/c1-24-14-13-20(11-4-5-12-20)15-22-19(21)23-18-10-6-8-16-7-2-3-9-17(16)18;/h6,8,10H,2-5,7,9,11-15H2,1H3,(H3,21,22,23);1H. The zero-order valence-electron chi connectivity index (χ0n) is 15.4. The van der Waals surface area contributed by atoms with Crippen molar-refractivity contribution in [3.63, 3.8) is 0 Å². The van der Waals surface area contributed by atoms with Gasteiger partial charge in [0.05, 0.1) is 0 Å². The Morgan fingerprint density at radius 3 is 2.72 bits per heavy atom. The Labute approximate surface area is 169 Å². The third kappa shape index (κ3) is 5.33. The van der Waals surface area contributed by atoms with E-state index in [0.717, 1.165) is 31.7 Å². The fraction of sp³-hybridized carbons (Fsp3) is 0.650. The molecule has 2 aliphatic carbocycles. The van der Waals surface area contributed by atoms with Crippen molar-refractivity contribution in [3.05, 3.63) is 29.3 Å². The Morgan fingerprint density at radius 1 is 1.20 bits per heavy atom. The molecule has 1 saturated carbocycles. The molecule has 5 heteroatoms. The van der Waals surface area contributed by atoms with Crippen molar-refractivity contribution in [2.24, 2.45) is 16.1 Å². The first-order chi connectivity index (χ1) is 11.7. The summed E-state index contributed by atoms with van der Waals surface area (Å²) < 4.78 is 5.30. The Bertz CT molecular complexity index is 582. The quantitative estimate of drug-likeness (QED) is 0.376. The van der Waals surface area contributed by atoms with Crippen LogP contribution in [0.15, 0.2) is 23.2 Å². The van der Waals surface area contributed by atoms with Crippen LogP contribution < -0.4 is 11.1 Å². The predicted molar refractivity (Wildman–Crippen MR) is 116 cm³/mol. The molecule has 0 radical (unpaired) electrons. The molecule has 0 heterocycles. The van der Waals surface area contributed by atoms with Crippen LogP contribution in [0.25, 0.3) is 0 Å². The van der Waals surface area contributed by atoms with Crippen LogP contribution in [-0.4, -0.2) is 26.2 Å². The SMILES string of the molecule is COCCC1(CN=C(N)Nc2cccc3c2CCCC3)CCCC1.I. The van der Waals surface area contributed by atoms with Crippen molar-refractivity contribution >= 4 is 35.6 Å². The van der Waals surface area contributed by atoms with E-state index in [2.05, 4.69) is 23.5 Å². The molecule has 0 atom stereocenters. The highest BCUT2D eigenvalue weighted by atomic mass is 127. The normalized spacial score (nSPS) is 19.2. The molecule has 0 saturated heterocycles. The maximum atomic E-state index is 6.21. The van der Waals surface area contributed by atoms with Crippen LogP contribution >= 0.6 is 24.0 Å². The summed E-state index contributed by atoms with van der Waals surface area (Å²) in [6, 6.07) is 6.49. The number of hydrogen-bond donors (Lipinski definition) is 2. The van der Waals surface area contributed by atoms with Gasteiger partial charge in [-0.15, -0.1) is 24.0 Å². The average Bonchev–Trinajstić information content (AvgIpc) is 3.08. The zero-order valence-corrected chi connectivity index (χ0v) is 17.7. The van der Waals surface area contributed by atoms with E-state index in [1.807, 2.05) is 0 Å². The Balaban J connectivity index is 0.00000225. The summed E-state index contributed by atoms with van der Waals surface area (Å²) in [7, 11) is 1.78. The van der Waals surface area contributed by atoms with E-state index < -0.39 is 0 Å². The number of guanidine groups is 1. The van der Waals surface area contributed by atoms with Gasteiger partial charge < -0.3 is 15.8 Å². The monoisotopic (exact) mass is 457 g/mol. The molecule has 0 unspecified atom stereocenters. The van der Waals surface area contributed by atoms with Gasteiger partial charge in [-0.1, -0.05) is 25.0 Å². The molecule has 3 rings (SSSR count). The van der Waals surface area contributed by atoms with Crippen molar-refractivity contribution < 1.29 is 4.74 Å². The molecule has 0 bridgehead atoms. The summed E-state index contributed by atoms with van der Waals surface area (Å²) in [5.74, 6) is 0.553. The smallest absolute Gasteiger partial charge is 0.193 e. The van der Waals surface area contributed by atoms with Crippen LogP contribution in [-0.2, 0) is 17.6 Å². The number of nitrogens with two attached hydrogens (primary N) is 1. The summed E-state index contributed by atoms with van der Waals surface area (Å²) in [4.78, 5) is 4.70. The number of rotatable bonds is 6. The van der Waals surface area contributed by atoms with E-state index in [1.54, 1.807) is 7.11 Å². The van der Waals surface area contributed by atoms with Gasteiger partial charge in [0.1, 0.15) is 0 Å². The van der Waals surface area contributed by atoms with Gasteiger partial charge in [0.25, 0.3) is 0 Å². The molecule has 140 valence electrons. The molecule has 1 aromatic rings. The van der Waals surface area contributed by atoms with Crippen LogP contribution in [0.3, 0.4) is 0 Å². The van der Waals surface area contributed by atoms with Gasteiger partial charge >= 0.3 is 0 Å². The number of fused-ring (bicyclic) bond motifs is 1. The molecule has 1 fully saturated rings. The summed E-state index contributed by atoms with van der Waals surface area (Å²) >= 11 is 0. The van der Waals surface area contributed by atoms with Crippen LogP contribution in [0.1, 0.15) is 56.1 Å². The number of aryl methyl sites for hydroxylation is 1. The van der Waals surface area contributed by atoms with E-state index in [1.165, 1.54) is 56.1 Å². The first-order valence-electron chi connectivity index (χ1n) is 9.39. The zero-order chi connectivity index (χ0) is 16.8. The Kier molecular flexibility index (Phi) is 8.00. The molecule has 0 amide bonds. The second kappa shape index (κ2) is 9.76. The molecular weight excluding hydrogens is 425 g/mol. The van der Waals surface area contributed by atoms with E-state index in [9.17, 15) is 0 Å². The maximum Gasteiger partial charge on any atom is 0.193 e. The molecule has 0 aliphatic heterocycles. The van der Waals surface area contributed by atoms with Crippen LogP contribution in [0.2, 0.25) is 0 Å². The number of benzene rings is 1. The van der Waals surface area contributed by atoms with Crippen molar-refractivity contribution in [2.45, 2.75) is 57.8 Å². The van der Waals surface area contributed by atoms with Crippen LogP contribution in [0.4, 0.5) is 5.69 Å². The fourth-order valence-corrected chi connectivity index (χ4v) is 4.26. The largest absolute Gasteiger partial charge is 0.385 e. The lowest BCUT2D eigenvalue weighted by atomic mass is 9.83. The molecule has 0 spiro atoms. The minimum Gasteiger partial charge on any atom is -0.385 e. The number of nitrogens with one attached hydrogen (secondary N) is 1. The van der Waals surface area contributed by atoms with Crippen LogP contribution in [0.5, 0.6) is 0 Å². The third-order valence-electron chi connectivity index (χ3n) is 5.74. The van der Waals surface area contributed by atoms with Gasteiger partial charge in [-0.05, 0) is 67.6 Å². The number of halogens is 1. The second-order valence-corrected chi connectivity index (χ2v) is 7.43. The van der Waals surface area contributed by atoms with Crippen molar-refractivity contribution in [3.8, 4) is 0 Å². The highest BCUT2D eigenvalue weighted by Gasteiger charge is 2.33. The topological polar surface area (TPSA) is 59.6 Å². The highest BCUT2D eigenvalue weighted by molar-refractivity contribution is 14.0. The fourth-order valence-electron chi connectivity index (χ4n) is 4.26. The maximum absolute atomic E-state index is 6.21. The van der Waals surface area contributed by atoms with Crippen LogP contribution in [0, 0.1) is 5.41 Å². The average molecular weight is 457 g/mol. The van der Waals surface area contributed by atoms with Gasteiger partial charge in [-0.3, -0.25) is 4.99 Å². The van der Waals surface area contributed by atoms with Gasteiger partial charge in [0.15, 0.2) is 5.96 Å². The summed E-state index contributed by atoms with van der Waals surface area (Å²) in [6.07, 6.45) is 11.1. The Hall–Kier alpha value is -0.820. The third-order valence-corrected chi connectivity index (χ3v) is 5.74. The lowest BCUT2D eigenvalue weighted by Gasteiger charge is -2.27. The molecule has 1 aromatic carbocycles. The van der Waals surface area contributed by atoms with E-state index in [0.29, 0.717) is 11.4 Å². The first-order valence-corrected chi connectivity index (χ1v) is 9.39. The summed E-state index contributed by atoms with van der Waals surface area (Å²) in [6.45, 7) is 1.62. The van der Waals surface area contributed by atoms with Gasteiger partial charge in [-0.25, -0.2) is 0 Å². The lowest BCUT2D eigenvalue weighted by Crippen LogP contribution is -2.28. The number of hydrogen-bond acceptors (Lipinski definition) is 2. The molecule has 0 aromatic heterocycles. The molecule has 2 aliphatic rings. The van der Waals surface area contributed by atoms with Gasteiger partial charge in [0, 0.05) is 25.9 Å². The highest BCUT2D eigenvalue weighted by Crippen LogP contribution is 2.41. The minimum atomic E-state index is 0. The molecular formula is C20H32IN3O. The van der Waals surface area contributed by atoms with Crippen molar-refractivity contribution in [1.82, 2.24) is 0 Å². The van der Waals surface area contributed by atoms with Gasteiger partial charge in [0.2, 0.25) is 0 Å².